The standard InChI is InChI=1S/C24H18F3N4O3/c1-14-20(21-16(13-32)12-30(21)18-8-6-15(11-28)7-9-18)22(33)29(2)23(34)31(14)19-5-3-4-17(10-19)24(25,26)27/h3-10,12,32H,13H2,1-2H3/q+1. The SMILES string of the molecule is Cc1c(C2=C(CO)C=[N+]2c2ccc(C#N)cc2)c(=O)n(C)c(=O)n1-c1cccc(C(F)(F)F)c1. The average molecular weight is 467 g/mol. The van der Waals surface area contributed by atoms with Gasteiger partial charge in [-0.05, 0) is 37.3 Å². The van der Waals surface area contributed by atoms with Crippen LogP contribution in [0.1, 0.15) is 22.4 Å². The third kappa shape index (κ3) is 3.66. The summed E-state index contributed by atoms with van der Waals surface area (Å²) in [6, 6.07) is 12.8. The van der Waals surface area contributed by atoms with Crippen molar-refractivity contribution in [2.45, 2.75) is 13.1 Å². The molecule has 0 atom stereocenters. The maximum atomic E-state index is 13.3. The maximum absolute atomic E-state index is 13.3. The second-order valence-electron chi connectivity index (χ2n) is 7.68. The monoisotopic (exact) mass is 467 g/mol. The molecule has 0 spiro atoms. The molecule has 2 heterocycles. The van der Waals surface area contributed by atoms with E-state index in [0.717, 1.165) is 21.3 Å². The lowest BCUT2D eigenvalue weighted by Gasteiger charge is -2.20. The topological polar surface area (TPSA) is 91.0 Å². The van der Waals surface area contributed by atoms with Gasteiger partial charge in [-0.25, -0.2) is 4.79 Å². The van der Waals surface area contributed by atoms with Crippen molar-refractivity contribution in [2.24, 2.45) is 7.05 Å². The lowest BCUT2D eigenvalue weighted by Crippen LogP contribution is -2.42. The normalized spacial score (nSPS) is 13.4. The van der Waals surface area contributed by atoms with Crippen LogP contribution in [0.15, 0.2) is 63.7 Å². The molecule has 10 heteroatoms. The van der Waals surface area contributed by atoms with Crippen molar-refractivity contribution in [3.8, 4) is 11.8 Å². The molecule has 1 aromatic heterocycles. The molecule has 0 fully saturated rings. The summed E-state index contributed by atoms with van der Waals surface area (Å²) in [5.74, 6) is 0. The van der Waals surface area contributed by atoms with E-state index < -0.39 is 29.6 Å². The fourth-order valence-electron chi connectivity index (χ4n) is 3.88. The number of rotatable bonds is 4. The van der Waals surface area contributed by atoms with Gasteiger partial charge in [0, 0.05) is 24.9 Å². The average Bonchev–Trinajstić information content (AvgIpc) is 2.80. The Balaban J connectivity index is 1.95. The molecule has 3 aromatic rings. The third-order valence-corrected chi connectivity index (χ3v) is 5.64. The fourth-order valence-corrected chi connectivity index (χ4v) is 3.88. The smallest absolute Gasteiger partial charge is 0.391 e. The highest BCUT2D eigenvalue weighted by atomic mass is 19.4. The fraction of sp³-hybridized carbons (Fsp3) is 0.167. The van der Waals surface area contributed by atoms with Gasteiger partial charge in [0.25, 0.3) is 5.56 Å². The zero-order chi connectivity index (χ0) is 24.8. The van der Waals surface area contributed by atoms with E-state index in [0.29, 0.717) is 22.5 Å². The number of alkyl halides is 3. The van der Waals surface area contributed by atoms with E-state index in [9.17, 15) is 27.9 Å². The highest BCUT2D eigenvalue weighted by Gasteiger charge is 2.37. The van der Waals surface area contributed by atoms with Gasteiger partial charge in [0.1, 0.15) is 11.1 Å². The van der Waals surface area contributed by atoms with Gasteiger partial charge in [0.05, 0.1) is 29.5 Å². The first kappa shape index (κ1) is 22.9. The molecule has 0 saturated carbocycles. The van der Waals surface area contributed by atoms with Gasteiger partial charge < -0.3 is 5.11 Å². The van der Waals surface area contributed by atoms with Gasteiger partial charge in [-0.15, -0.1) is 0 Å². The lowest BCUT2D eigenvalue weighted by molar-refractivity contribution is -0.339. The van der Waals surface area contributed by atoms with Crippen molar-refractivity contribution in [3.05, 3.63) is 97.3 Å². The van der Waals surface area contributed by atoms with Crippen molar-refractivity contribution in [2.75, 3.05) is 6.61 Å². The first-order valence-electron chi connectivity index (χ1n) is 10.1. The Bertz CT molecular complexity index is 1540. The van der Waals surface area contributed by atoms with E-state index in [2.05, 4.69) is 0 Å². The van der Waals surface area contributed by atoms with Crippen LogP contribution >= 0.6 is 0 Å². The molecule has 1 aliphatic heterocycles. The molecule has 0 radical (unpaired) electrons. The Morgan fingerprint density at radius 1 is 1.12 bits per heavy atom. The number of aliphatic hydroxyl groups excluding tert-OH is 1. The van der Waals surface area contributed by atoms with Gasteiger partial charge >= 0.3 is 11.9 Å². The van der Waals surface area contributed by atoms with Crippen molar-refractivity contribution >= 4 is 17.6 Å². The van der Waals surface area contributed by atoms with E-state index >= 15 is 0 Å². The molecule has 4 rings (SSSR count). The van der Waals surface area contributed by atoms with Gasteiger partial charge in [-0.2, -0.15) is 23.0 Å². The number of hydrogen-bond acceptors (Lipinski definition) is 4. The number of halogens is 3. The van der Waals surface area contributed by atoms with E-state index in [1.807, 2.05) is 6.07 Å². The Morgan fingerprint density at radius 2 is 1.79 bits per heavy atom. The molecule has 0 bridgehead atoms. The Hall–Kier alpha value is -4.23. The Morgan fingerprint density at radius 3 is 2.38 bits per heavy atom. The van der Waals surface area contributed by atoms with E-state index in [4.69, 9.17) is 5.26 Å². The number of nitriles is 1. The van der Waals surface area contributed by atoms with Gasteiger partial charge in [-0.3, -0.25) is 13.9 Å². The predicted octanol–water partition coefficient (Wildman–Crippen LogP) is 2.87. The number of nitrogens with zero attached hydrogens (tertiary/aromatic N) is 4. The molecule has 0 amide bonds. The highest BCUT2D eigenvalue weighted by Crippen LogP contribution is 2.33. The number of hydrogen-bond donors (Lipinski definition) is 1. The second kappa shape index (κ2) is 8.28. The summed E-state index contributed by atoms with van der Waals surface area (Å²) in [6.45, 7) is 1.07. The second-order valence-corrected chi connectivity index (χ2v) is 7.68. The van der Waals surface area contributed by atoms with Gasteiger partial charge in [0.15, 0.2) is 6.21 Å². The van der Waals surface area contributed by atoms with E-state index in [-0.39, 0.29) is 16.9 Å². The predicted molar refractivity (Wildman–Crippen MR) is 118 cm³/mol. The third-order valence-electron chi connectivity index (χ3n) is 5.64. The number of benzene rings is 2. The van der Waals surface area contributed by atoms with Crippen molar-refractivity contribution in [1.82, 2.24) is 9.13 Å². The number of aromatic nitrogens is 2. The quantitative estimate of drug-likeness (QED) is 0.598. The molecule has 1 aliphatic rings. The van der Waals surface area contributed by atoms with Crippen molar-refractivity contribution in [3.63, 3.8) is 0 Å². The van der Waals surface area contributed by atoms with E-state index in [1.165, 1.54) is 26.1 Å². The van der Waals surface area contributed by atoms with Crippen molar-refractivity contribution in [1.29, 1.82) is 5.26 Å². The summed E-state index contributed by atoms with van der Waals surface area (Å²) >= 11 is 0. The van der Waals surface area contributed by atoms with Gasteiger partial charge in [0.2, 0.25) is 11.4 Å². The zero-order valence-electron chi connectivity index (χ0n) is 18.1. The van der Waals surface area contributed by atoms with Gasteiger partial charge in [-0.1, -0.05) is 6.07 Å². The van der Waals surface area contributed by atoms with Crippen molar-refractivity contribution < 1.29 is 22.9 Å². The molecule has 0 saturated heterocycles. The Kier molecular flexibility index (Phi) is 5.59. The minimum atomic E-state index is -4.61. The summed E-state index contributed by atoms with van der Waals surface area (Å²) in [5, 5.41) is 18.8. The summed E-state index contributed by atoms with van der Waals surface area (Å²) < 4.78 is 43.3. The van der Waals surface area contributed by atoms with Crippen LogP contribution in [0.3, 0.4) is 0 Å². The molecule has 172 valence electrons. The molecule has 0 aliphatic carbocycles. The maximum Gasteiger partial charge on any atom is 0.416 e. The molecule has 2 aromatic carbocycles. The zero-order valence-corrected chi connectivity index (χ0v) is 18.1. The Labute approximate surface area is 191 Å². The highest BCUT2D eigenvalue weighted by molar-refractivity contribution is 5.95. The van der Waals surface area contributed by atoms with Crippen LogP contribution in [0.4, 0.5) is 18.9 Å². The van der Waals surface area contributed by atoms with Crippen LogP contribution in [0, 0.1) is 18.3 Å². The summed E-state index contributed by atoms with van der Waals surface area (Å²) in [4.78, 5) is 26.1. The lowest BCUT2D eigenvalue weighted by atomic mass is 10.00. The van der Waals surface area contributed by atoms with Crippen LogP contribution in [-0.2, 0) is 13.2 Å². The minimum absolute atomic E-state index is 0.0476. The van der Waals surface area contributed by atoms with Crippen LogP contribution in [0.25, 0.3) is 11.4 Å². The molecular weight excluding hydrogens is 449 g/mol. The minimum Gasteiger partial charge on any atom is -0.391 e. The van der Waals surface area contributed by atoms with E-state index in [1.54, 1.807) is 35.1 Å². The van der Waals surface area contributed by atoms with Crippen LogP contribution < -0.4 is 11.2 Å². The molecule has 1 N–H and O–H groups in total. The molecule has 7 nitrogen and oxygen atoms in total. The van der Waals surface area contributed by atoms with Crippen LogP contribution in [0.2, 0.25) is 0 Å². The van der Waals surface area contributed by atoms with Crippen LogP contribution in [-0.4, -0.2) is 31.6 Å². The molecular formula is C24H18F3N4O3+. The summed E-state index contributed by atoms with van der Waals surface area (Å²) in [6.07, 6.45) is -3.01. The molecule has 0 unspecified atom stereocenters. The summed E-state index contributed by atoms with van der Waals surface area (Å²) in [5.41, 5.74) is -0.470. The van der Waals surface area contributed by atoms with Crippen LogP contribution in [0.5, 0.6) is 0 Å². The largest absolute Gasteiger partial charge is 0.416 e. The summed E-state index contributed by atoms with van der Waals surface area (Å²) in [7, 11) is 1.24. The molecule has 34 heavy (non-hydrogen) atoms. The first-order valence-corrected chi connectivity index (χ1v) is 10.1. The number of aliphatic hydroxyl groups is 1. The first-order chi connectivity index (χ1) is 16.1.